The zero-order chi connectivity index (χ0) is 18.7. The van der Waals surface area contributed by atoms with Crippen molar-refractivity contribution in [2.24, 2.45) is 5.73 Å². The van der Waals surface area contributed by atoms with Gasteiger partial charge in [0.1, 0.15) is 0 Å². The molecule has 2 heterocycles. The van der Waals surface area contributed by atoms with Gasteiger partial charge >= 0.3 is 0 Å². The number of hydrogen-bond acceptors (Lipinski definition) is 5. The molecule has 0 radical (unpaired) electrons. The maximum atomic E-state index is 6.26. The van der Waals surface area contributed by atoms with E-state index in [2.05, 4.69) is 32.3 Å². The molecule has 0 aliphatic carbocycles. The van der Waals surface area contributed by atoms with Crippen LogP contribution in [0.5, 0.6) is 0 Å². The van der Waals surface area contributed by atoms with E-state index in [9.17, 15) is 0 Å². The summed E-state index contributed by atoms with van der Waals surface area (Å²) >= 11 is 0. The molecular formula is C22H25N5. The second kappa shape index (κ2) is 10.1. The molecular weight excluding hydrogens is 334 g/mol. The molecule has 0 atom stereocenters. The largest absolute Gasteiger partial charge is 0.400 e. The average molecular weight is 359 g/mol. The summed E-state index contributed by atoms with van der Waals surface area (Å²) in [7, 11) is 0. The molecule has 3 N–H and O–H groups in total. The van der Waals surface area contributed by atoms with Crippen LogP contribution in [0, 0.1) is 0 Å². The molecule has 0 saturated carbocycles. The van der Waals surface area contributed by atoms with E-state index >= 15 is 0 Å². The summed E-state index contributed by atoms with van der Waals surface area (Å²) in [6.45, 7) is 2.81. The summed E-state index contributed by atoms with van der Waals surface area (Å²) < 4.78 is 0. The molecule has 0 amide bonds. The molecule has 0 aliphatic heterocycles. The molecule has 138 valence electrons. The number of nitrogens with one attached hydrogen (secondary N) is 1. The van der Waals surface area contributed by atoms with Crippen LogP contribution in [-0.2, 0) is 19.6 Å². The van der Waals surface area contributed by atoms with E-state index in [0.29, 0.717) is 19.6 Å². The van der Waals surface area contributed by atoms with Crippen molar-refractivity contribution in [3.63, 3.8) is 0 Å². The molecule has 0 bridgehead atoms. The van der Waals surface area contributed by atoms with Crippen molar-refractivity contribution in [3.8, 4) is 0 Å². The minimum absolute atomic E-state index is 0.634. The van der Waals surface area contributed by atoms with Crippen molar-refractivity contribution in [2.75, 3.05) is 6.54 Å². The number of pyridine rings is 2. The lowest BCUT2D eigenvalue weighted by Crippen LogP contribution is -2.29. The highest BCUT2D eigenvalue weighted by Crippen LogP contribution is 2.08. The standard InChI is InChI=1S/C22H25N5/c23-20(15-24-14-19-8-2-1-3-9-19)16-27(17-21-10-4-6-12-25-21)18-22-11-5-7-13-26-22/h1-13,15,24H,14,16-18,23H2/b20-15-. The summed E-state index contributed by atoms with van der Waals surface area (Å²) in [5.41, 5.74) is 10.3. The Labute approximate surface area is 160 Å². The predicted octanol–water partition coefficient (Wildman–Crippen LogP) is 3.07. The monoisotopic (exact) mass is 359 g/mol. The summed E-state index contributed by atoms with van der Waals surface area (Å²) in [5.74, 6) is 0. The molecule has 3 rings (SSSR count). The van der Waals surface area contributed by atoms with Gasteiger partial charge in [0, 0.05) is 50.5 Å². The first-order valence-electron chi connectivity index (χ1n) is 9.03. The van der Waals surface area contributed by atoms with E-state index in [0.717, 1.165) is 23.6 Å². The summed E-state index contributed by atoms with van der Waals surface area (Å²) in [5, 5.41) is 3.29. The lowest BCUT2D eigenvalue weighted by molar-refractivity contribution is 0.271. The molecule has 0 unspecified atom stereocenters. The van der Waals surface area contributed by atoms with Gasteiger partial charge in [0.2, 0.25) is 0 Å². The second-order valence-electron chi connectivity index (χ2n) is 6.37. The van der Waals surface area contributed by atoms with Gasteiger partial charge in [-0.15, -0.1) is 0 Å². The van der Waals surface area contributed by atoms with Crippen molar-refractivity contribution in [2.45, 2.75) is 19.6 Å². The van der Waals surface area contributed by atoms with Crippen molar-refractivity contribution in [1.29, 1.82) is 0 Å². The van der Waals surface area contributed by atoms with E-state index in [1.54, 1.807) is 0 Å². The Hall–Kier alpha value is -3.18. The van der Waals surface area contributed by atoms with E-state index in [1.807, 2.05) is 73.2 Å². The number of nitrogens with zero attached hydrogens (tertiary/aromatic N) is 3. The third-order valence-corrected chi connectivity index (χ3v) is 4.07. The molecule has 27 heavy (non-hydrogen) atoms. The van der Waals surface area contributed by atoms with Gasteiger partial charge in [0.15, 0.2) is 0 Å². The first-order chi connectivity index (χ1) is 13.3. The van der Waals surface area contributed by atoms with Crippen molar-refractivity contribution < 1.29 is 0 Å². The minimum atomic E-state index is 0.634. The van der Waals surface area contributed by atoms with Crippen LogP contribution in [0.3, 0.4) is 0 Å². The first-order valence-corrected chi connectivity index (χ1v) is 9.03. The Morgan fingerprint density at radius 3 is 2.00 bits per heavy atom. The Kier molecular flexibility index (Phi) is 6.95. The molecule has 3 aromatic rings. The average Bonchev–Trinajstić information content (AvgIpc) is 2.70. The highest BCUT2D eigenvalue weighted by Gasteiger charge is 2.10. The SMILES string of the molecule is N/C(=C\NCc1ccccc1)CN(Cc1ccccn1)Cc1ccccn1. The van der Waals surface area contributed by atoms with Gasteiger partial charge in [0.25, 0.3) is 0 Å². The normalized spacial score (nSPS) is 11.5. The van der Waals surface area contributed by atoms with Gasteiger partial charge < -0.3 is 11.1 Å². The predicted molar refractivity (Wildman–Crippen MR) is 108 cm³/mol. The van der Waals surface area contributed by atoms with Crippen molar-refractivity contribution in [1.82, 2.24) is 20.2 Å². The van der Waals surface area contributed by atoms with E-state index in [-0.39, 0.29) is 0 Å². The van der Waals surface area contributed by atoms with Crippen LogP contribution in [0.2, 0.25) is 0 Å². The lowest BCUT2D eigenvalue weighted by atomic mass is 10.2. The molecule has 1 aromatic carbocycles. The minimum Gasteiger partial charge on any atom is -0.400 e. The third-order valence-electron chi connectivity index (χ3n) is 4.07. The van der Waals surface area contributed by atoms with Crippen LogP contribution in [0.4, 0.5) is 0 Å². The smallest absolute Gasteiger partial charge is 0.0544 e. The highest BCUT2D eigenvalue weighted by atomic mass is 15.1. The fourth-order valence-corrected chi connectivity index (χ4v) is 2.81. The number of benzene rings is 1. The fraction of sp³-hybridized carbons (Fsp3) is 0.182. The molecule has 5 heteroatoms. The quantitative estimate of drug-likeness (QED) is 0.615. The van der Waals surface area contributed by atoms with Crippen molar-refractivity contribution in [3.05, 3.63) is 108 Å². The van der Waals surface area contributed by atoms with Crippen LogP contribution < -0.4 is 11.1 Å². The number of rotatable bonds is 9. The summed E-state index contributed by atoms with van der Waals surface area (Å²) in [4.78, 5) is 11.1. The van der Waals surface area contributed by atoms with Gasteiger partial charge in [-0.1, -0.05) is 42.5 Å². The Morgan fingerprint density at radius 2 is 1.44 bits per heavy atom. The van der Waals surface area contributed by atoms with E-state index in [4.69, 9.17) is 5.73 Å². The highest BCUT2D eigenvalue weighted by molar-refractivity contribution is 5.15. The van der Waals surface area contributed by atoms with Crippen LogP contribution >= 0.6 is 0 Å². The van der Waals surface area contributed by atoms with Crippen LogP contribution in [0.15, 0.2) is 91.0 Å². The van der Waals surface area contributed by atoms with Gasteiger partial charge in [-0.05, 0) is 29.8 Å². The molecule has 0 saturated heterocycles. The third kappa shape index (κ3) is 6.56. The molecule has 2 aromatic heterocycles. The molecule has 5 nitrogen and oxygen atoms in total. The maximum Gasteiger partial charge on any atom is 0.0544 e. The lowest BCUT2D eigenvalue weighted by Gasteiger charge is -2.22. The van der Waals surface area contributed by atoms with E-state index in [1.165, 1.54) is 5.56 Å². The Balaban J connectivity index is 1.61. The van der Waals surface area contributed by atoms with Crippen LogP contribution in [0.1, 0.15) is 17.0 Å². The Morgan fingerprint density at radius 1 is 0.852 bits per heavy atom. The zero-order valence-corrected chi connectivity index (χ0v) is 15.3. The first kappa shape index (κ1) is 18.6. The molecule has 0 fully saturated rings. The zero-order valence-electron chi connectivity index (χ0n) is 15.3. The van der Waals surface area contributed by atoms with Crippen LogP contribution in [0.25, 0.3) is 0 Å². The fourth-order valence-electron chi connectivity index (χ4n) is 2.81. The van der Waals surface area contributed by atoms with E-state index < -0.39 is 0 Å². The van der Waals surface area contributed by atoms with Gasteiger partial charge in [-0.2, -0.15) is 0 Å². The number of nitrogens with two attached hydrogens (primary N) is 1. The Bertz CT molecular complexity index is 778. The van der Waals surface area contributed by atoms with Gasteiger partial charge in [-0.25, -0.2) is 0 Å². The summed E-state index contributed by atoms with van der Waals surface area (Å²) in [6.07, 6.45) is 5.51. The molecule has 0 spiro atoms. The number of hydrogen-bond donors (Lipinski definition) is 2. The maximum absolute atomic E-state index is 6.26. The number of aromatic nitrogens is 2. The van der Waals surface area contributed by atoms with Crippen LogP contribution in [-0.4, -0.2) is 21.4 Å². The van der Waals surface area contributed by atoms with Crippen molar-refractivity contribution >= 4 is 0 Å². The summed E-state index contributed by atoms with van der Waals surface area (Å²) in [6, 6.07) is 22.2. The van der Waals surface area contributed by atoms with Gasteiger partial charge in [0.05, 0.1) is 11.4 Å². The van der Waals surface area contributed by atoms with Gasteiger partial charge in [-0.3, -0.25) is 14.9 Å². The molecule has 0 aliphatic rings. The topological polar surface area (TPSA) is 67.1 Å². The second-order valence-corrected chi connectivity index (χ2v) is 6.37.